The molecule has 1 aromatic rings. The number of rotatable bonds is 6. The number of amides is 3. The molecule has 0 unspecified atom stereocenters. The van der Waals surface area contributed by atoms with Crippen molar-refractivity contribution in [2.24, 2.45) is 4.99 Å². The predicted octanol–water partition coefficient (Wildman–Crippen LogP) is 2.70. The molecule has 2 heterocycles. The van der Waals surface area contributed by atoms with Gasteiger partial charge in [-0.2, -0.15) is 5.26 Å². The summed E-state index contributed by atoms with van der Waals surface area (Å²) in [5.74, 6) is -1.08. The van der Waals surface area contributed by atoms with Crippen molar-refractivity contribution < 1.29 is 23.5 Å². The van der Waals surface area contributed by atoms with Crippen LogP contribution in [0.1, 0.15) is 62.4 Å². The predicted molar refractivity (Wildman–Crippen MR) is 138 cm³/mol. The van der Waals surface area contributed by atoms with E-state index in [0.29, 0.717) is 42.9 Å². The average Bonchev–Trinajstić information content (AvgIpc) is 3.72. The molecule has 0 spiro atoms. The van der Waals surface area contributed by atoms with Gasteiger partial charge in [0.2, 0.25) is 0 Å². The Morgan fingerprint density at radius 3 is 2.45 bits per heavy atom. The molecule has 0 bridgehead atoms. The summed E-state index contributed by atoms with van der Waals surface area (Å²) < 4.78 is 20.0. The van der Waals surface area contributed by atoms with Crippen LogP contribution >= 0.6 is 0 Å². The molecule has 3 aliphatic rings. The van der Waals surface area contributed by atoms with E-state index in [1.165, 1.54) is 12.1 Å². The number of carbonyl (C=O) groups is 3. The van der Waals surface area contributed by atoms with E-state index in [1.807, 2.05) is 25.7 Å². The minimum absolute atomic E-state index is 0.0359. The Hall–Kier alpha value is -3.94. The molecule has 1 aromatic carbocycles. The number of ether oxygens (including phenoxy) is 1. The van der Waals surface area contributed by atoms with Gasteiger partial charge in [0.15, 0.2) is 0 Å². The van der Waals surface area contributed by atoms with Gasteiger partial charge in [-0.3, -0.25) is 14.6 Å². The lowest BCUT2D eigenvalue weighted by Crippen LogP contribution is -2.51. The maximum atomic E-state index is 14.5. The maximum Gasteiger partial charge on any atom is 0.410 e. The molecular formula is C27H33FN6O4. The van der Waals surface area contributed by atoms with Crippen LogP contribution in [0.4, 0.5) is 9.18 Å². The molecule has 2 aliphatic heterocycles. The highest BCUT2D eigenvalue weighted by atomic mass is 19.1. The van der Waals surface area contributed by atoms with Gasteiger partial charge in [-0.25, -0.2) is 9.18 Å². The first-order valence-electron chi connectivity index (χ1n) is 12.8. The standard InChI is InChI=1S/C27H33FN6O4/c1-27(2,3)38-26(37)33-12-8-20(9-13-33)34(19-5-6-19)25(36)18-15-31-23(32-16-18)17-4-7-21(22(28)14-17)24(35)30-11-10-29/h4,7,14-15,19-20H,5-6,8-9,11-13,16H2,1-3H3,(H,30,35)(H,31,32). The quantitative estimate of drug-likeness (QED) is 0.551. The number of benzene rings is 1. The molecule has 2 fully saturated rings. The second kappa shape index (κ2) is 11.2. The SMILES string of the molecule is CC(C)(C)OC(=O)N1CCC(N(C(=O)C2=CNC(c3ccc(C(=O)NCC#N)c(F)c3)=NC2)C2CC2)CC1. The number of likely N-dealkylation sites (tertiary alicyclic amines) is 1. The van der Waals surface area contributed by atoms with Gasteiger partial charge in [0.25, 0.3) is 11.8 Å². The van der Waals surface area contributed by atoms with Gasteiger partial charge in [-0.05, 0) is 58.6 Å². The molecule has 1 aliphatic carbocycles. The third kappa shape index (κ3) is 6.49. The minimum Gasteiger partial charge on any atom is -0.444 e. The fraction of sp³-hybridized carbons (Fsp3) is 0.519. The van der Waals surface area contributed by atoms with Gasteiger partial charge in [-0.15, -0.1) is 0 Å². The van der Waals surface area contributed by atoms with Gasteiger partial charge in [0.05, 0.1) is 23.8 Å². The topological polar surface area (TPSA) is 127 Å². The number of piperidine rings is 1. The second-order valence-electron chi connectivity index (χ2n) is 10.7. The first-order valence-corrected chi connectivity index (χ1v) is 12.8. The number of hydrogen-bond acceptors (Lipinski definition) is 7. The molecular weight excluding hydrogens is 491 g/mol. The molecule has 1 saturated carbocycles. The Bertz CT molecular complexity index is 1200. The number of nitriles is 1. The molecule has 3 amide bonds. The summed E-state index contributed by atoms with van der Waals surface area (Å²) in [5.41, 5.74) is 0.244. The van der Waals surface area contributed by atoms with Gasteiger partial charge >= 0.3 is 6.09 Å². The summed E-state index contributed by atoms with van der Waals surface area (Å²) in [7, 11) is 0. The Morgan fingerprint density at radius 1 is 1.21 bits per heavy atom. The highest BCUT2D eigenvalue weighted by Crippen LogP contribution is 2.33. The lowest BCUT2D eigenvalue weighted by Gasteiger charge is -2.39. The number of nitrogens with one attached hydrogen (secondary N) is 2. The minimum atomic E-state index is -0.731. The number of aliphatic imine (C=N–C) groups is 1. The van der Waals surface area contributed by atoms with E-state index < -0.39 is 17.3 Å². The number of carbonyl (C=O) groups excluding carboxylic acids is 3. The smallest absolute Gasteiger partial charge is 0.410 e. The van der Waals surface area contributed by atoms with Crippen molar-refractivity contribution >= 4 is 23.7 Å². The fourth-order valence-electron chi connectivity index (χ4n) is 4.58. The summed E-state index contributed by atoms with van der Waals surface area (Å²) in [6.07, 6.45) is 4.57. The number of nitrogens with zero attached hydrogens (tertiary/aromatic N) is 4. The van der Waals surface area contributed by atoms with E-state index in [1.54, 1.807) is 23.2 Å². The molecule has 202 valence electrons. The Kier molecular flexibility index (Phi) is 7.99. The third-order valence-electron chi connectivity index (χ3n) is 6.56. The van der Waals surface area contributed by atoms with Crippen LogP contribution in [0, 0.1) is 17.1 Å². The second-order valence-corrected chi connectivity index (χ2v) is 10.7. The first kappa shape index (κ1) is 27.1. The van der Waals surface area contributed by atoms with Crippen LogP contribution < -0.4 is 10.6 Å². The van der Waals surface area contributed by atoms with Crippen molar-refractivity contribution in [2.75, 3.05) is 26.2 Å². The number of hydrogen-bond donors (Lipinski definition) is 2. The van der Waals surface area contributed by atoms with E-state index >= 15 is 0 Å². The van der Waals surface area contributed by atoms with E-state index in [-0.39, 0.29) is 42.7 Å². The third-order valence-corrected chi connectivity index (χ3v) is 6.56. The van der Waals surface area contributed by atoms with Crippen LogP contribution in [0.3, 0.4) is 0 Å². The Morgan fingerprint density at radius 2 is 1.89 bits per heavy atom. The van der Waals surface area contributed by atoms with E-state index in [2.05, 4.69) is 15.6 Å². The van der Waals surface area contributed by atoms with Gasteiger partial charge in [0.1, 0.15) is 23.8 Å². The largest absolute Gasteiger partial charge is 0.444 e. The lowest BCUT2D eigenvalue weighted by atomic mass is 10.0. The lowest BCUT2D eigenvalue weighted by molar-refractivity contribution is -0.131. The molecule has 2 N–H and O–H groups in total. The molecule has 0 atom stereocenters. The first-order chi connectivity index (χ1) is 18.1. The van der Waals surface area contributed by atoms with E-state index in [4.69, 9.17) is 10.00 Å². The van der Waals surface area contributed by atoms with Gasteiger partial charge in [0, 0.05) is 36.9 Å². The maximum absolute atomic E-state index is 14.5. The zero-order chi connectivity index (χ0) is 27.4. The summed E-state index contributed by atoms with van der Waals surface area (Å²) >= 11 is 0. The Balaban J connectivity index is 1.36. The van der Waals surface area contributed by atoms with Crippen molar-refractivity contribution in [3.8, 4) is 6.07 Å². The van der Waals surface area contributed by atoms with E-state index in [0.717, 1.165) is 12.8 Å². The van der Waals surface area contributed by atoms with Gasteiger partial charge in [-0.1, -0.05) is 6.07 Å². The van der Waals surface area contributed by atoms with Crippen LogP contribution in [-0.4, -0.2) is 77.4 Å². The van der Waals surface area contributed by atoms with Crippen LogP contribution in [-0.2, 0) is 9.53 Å². The van der Waals surface area contributed by atoms with Crippen molar-refractivity contribution in [3.05, 3.63) is 46.9 Å². The summed E-state index contributed by atoms with van der Waals surface area (Å²) in [6, 6.07) is 6.10. The molecule has 0 radical (unpaired) electrons. The highest BCUT2D eigenvalue weighted by Gasteiger charge is 2.40. The highest BCUT2D eigenvalue weighted by molar-refractivity contribution is 6.04. The van der Waals surface area contributed by atoms with Crippen LogP contribution in [0.5, 0.6) is 0 Å². The van der Waals surface area contributed by atoms with Crippen molar-refractivity contribution in [3.63, 3.8) is 0 Å². The fourth-order valence-corrected chi connectivity index (χ4v) is 4.58. The van der Waals surface area contributed by atoms with Crippen LogP contribution in [0.25, 0.3) is 0 Å². The zero-order valence-corrected chi connectivity index (χ0v) is 21.9. The zero-order valence-electron chi connectivity index (χ0n) is 21.9. The molecule has 10 nitrogen and oxygen atoms in total. The average molecular weight is 525 g/mol. The van der Waals surface area contributed by atoms with Gasteiger partial charge < -0.3 is 25.2 Å². The summed E-state index contributed by atoms with van der Waals surface area (Å²) in [4.78, 5) is 46.0. The normalized spacial score (nSPS) is 17.9. The summed E-state index contributed by atoms with van der Waals surface area (Å²) in [6.45, 7) is 6.52. The van der Waals surface area contributed by atoms with Crippen LogP contribution in [0.2, 0.25) is 0 Å². The van der Waals surface area contributed by atoms with Crippen LogP contribution in [0.15, 0.2) is 35.0 Å². The van der Waals surface area contributed by atoms with Crippen molar-refractivity contribution in [1.82, 2.24) is 20.4 Å². The van der Waals surface area contributed by atoms with E-state index in [9.17, 15) is 18.8 Å². The molecule has 38 heavy (non-hydrogen) atoms. The number of amidine groups is 1. The Labute approximate surface area is 221 Å². The summed E-state index contributed by atoms with van der Waals surface area (Å²) in [5, 5.41) is 13.9. The van der Waals surface area contributed by atoms with Crippen molar-refractivity contribution in [2.45, 2.75) is 64.1 Å². The molecule has 1 saturated heterocycles. The molecule has 11 heteroatoms. The molecule has 4 rings (SSSR count). The molecule has 0 aromatic heterocycles. The number of halogens is 1. The van der Waals surface area contributed by atoms with Crippen molar-refractivity contribution in [1.29, 1.82) is 5.26 Å². The monoisotopic (exact) mass is 524 g/mol.